The minimum atomic E-state index is 0.747. The van der Waals surface area contributed by atoms with Gasteiger partial charge in [0.2, 0.25) is 0 Å². The fraction of sp³-hybridized carbons (Fsp3) is 1.00. The zero-order valence-electron chi connectivity index (χ0n) is 9.87. The van der Waals surface area contributed by atoms with E-state index in [1.54, 1.807) is 0 Å². The Labute approximate surface area is 98.2 Å². The number of thioether (sulfide) groups is 1. The maximum atomic E-state index is 3.64. The van der Waals surface area contributed by atoms with Crippen LogP contribution in [-0.4, -0.2) is 48.6 Å². The number of rotatable bonds is 2. The van der Waals surface area contributed by atoms with Crippen LogP contribution in [0.3, 0.4) is 0 Å². The summed E-state index contributed by atoms with van der Waals surface area (Å²) in [5, 5.41) is 3.64. The van der Waals surface area contributed by atoms with Gasteiger partial charge in [0.15, 0.2) is 0 Å². The average Bonchev–Trinajstić information content (AvgIpc) is 2.46. The lowest BCUT2D eigenvalue weighted by atomic mass is 10.0. The highest BCUT2D eigenvalue weighted by atomic mass is 32.2. The van der Waals surface area contributed by atoms with E-state index < -0.39 is 0 Å². The Balaban J connectivity index is 1.72. The molecule has 2 aliphatic heterocycles. The first-order valence-corrected chi connectivity index (χ1v) is 7.53. The van der Waals surface area contributed by atoms with Gasteiger partial charge in [-0.1, -0.05) is 6.92 Å². The molecule has 2 nitrogen and oxygen atoms in total. The second-order valence-corrected chi connectivity index (χ2v) is 6.21. The molecule has 0 aliphatic carbocycles. The van der Waals surface area contributed by atoms with Crippen LogP contribution in [0.2, 0.25) is 0 Å². The third kappa shape index (κ3) is 3.97. The van der Waals surface area contributed by atoms with Crippen molar-refractivity contribution in [2.24, 2.45) is 5.92 Å². The summed E-state index contributed by atoms with van der Waals surface area (Å²) in [4.78, 5) is 2.67. The highest BCUT2D eigenvalue weighted by Crippen LogP contribution is 2.17. The molecule has 2 atom stereocenters. The van der Waals surface area contributed by atoms with Gasteiger partial charge in [-0.25, -0.2) is 0 Å². The van der Waals surface area contributed by atoms with Crippen LogP contribution in [0.4, 0.5) is 0 Å². The minimum Gasteiger partial charge on any atom is -0.311 e. The van der Waals surface area contributed by atoms with E-state index in [1.807, 2.05) is 0 Å². The quantitative estimate of drug-likeness (QED) is 0.776. The molecule has 0 aromatic carbocycles. The standard InChI is InChI=1S/C12H24N2S/c1-11-3-2-6-14(7-4-11)9-12-10-15-8-5-13-12/h11-13H,2-10H2,1H3. The Hall–Kier alpha value is 0.270. The lowest BCUT2D eigenvalue weighted by molar-refractivity contribution is 0.255. The van der Waals surface area contributed by atoms with Crippen molar-refractivity contribution >= 4 is 11.8 Å². The highest BCUT2D eigenvalue weighted by Gasteiger charge is 2.19. The second-order valence-electron chi connectivity index (χ2n) is 5.06. The van der Waals surface area contributed by atoms with Gasteiger partial charge in [-0.3, -0.25) is 0 Å². The summed E-state index contributed by atoms with van der Waals surface area (Å²) in [7, 11) is 0. The molecule has 15 heavy (non-hydrogen) atoms. The maximum absolute atomic E-state index is 3.64. The fourth-order valence-corrected chi connectivity index (χ4v) is 3.49. The van der Waals surface area contributed by atoms with E-state index in [-0.39, 0.29) is 0 Å². The lowest BCUT2D eigenvalue weighted by Crippen LogP contribution is -2.46. The van der Waals surface area contributed by atoms with Crippen LogP contribution in [0.1, 0.15) is 26.2 Å². The van der Waals surface area contributed by atoms with Gasteiger partial charge in [0.1, 0.15) is 0 Å². The van der Waals surface area contributed by atoms with Gasteiger partial charge in [-0.05, 0) is 38.3 Å². The maximum Gasteiger partial charge on any atom is 0.0285 e. The summed E-state index contributed by atoms with van der Waals surface area (Å²) in [5.41, 5.74) is 0. The third-order valence-corrected chi connectivity index (χ3v) is 4.72. The summed E-state index contributed by atoms with van der Waals surface area (Å²) >= 11 is 2.11. The van der Waals surface area contributed by atoms with E-state index in [4.69, 9.17) is 0 Å². The van der Waals surface area contributed by atoms with Crippen molar-refractivity contribution in [2.75, 3.05) is 37.7 Å². The first kappa shape index (κ1) is 11.7. The molecule has 2 rings (SSSR count). The predicted molar refractivity (Wildman–Crippen MR) is 68.6 cm³/mol. The first-order chi connectivity index (χ1) is 7.34. The normalized spacial score (nSPS) is 35.0. The number of nitrogens with zero attached hydrogens (tertiary/aromatic N) is 1. The molecular weight excluding hydrogens is 204 g/mol. The molecular formula is C12H24N2S. The third-order valence-electron chi connectivity index (χ3n) is 3.59. The Morgan fingerprint density at radius 1 is 1.33 bits per heavy atom. The predicted octanol–water partition coefficient (Wildman–Crippen LogP) is 1.81. The molecule has 88 valence electrons. The van der Waals surface area contributed by atoms with Crippen molar-refractivity contribution in [1.29, 1.82) is 0 Å². The zero-order chi connectivity index (χ0) is 10.5. The molecule has 2 unspecified atom stereocenters. The van der Waals surface area contributed by atoms with Gasteiger partial charge in [0.25, 0.3) is 0 Å². The average molecular weight is 228 g/mol. The number of nitrogens with one attached hydrogen (secondary N) is 1. The molecule has 2 saturated heterocycles. The SMILES string of the molecule is CC1CCCN(CC2CSCCN2)CC1. The van der Waals surface area contributed by atoms with E-state index in [2.05, 4.69) is 28.9 Å². The van der Waals surface area contributed by atoms with E-state index in [0.29, 0.717) is 0 Å². The number of hydrogen-bond donors (Lipinski definition) is 1. The molecule has 2 fully saturated rings. The summed E-state index contributed by atoms with van der Waals surface area (Å²) in [6, 6.07) is 0.747. The molecule has 0 radical (unpaired) electrons. The van der Waals surface area contributed by atoms with Gasteiger partial charge in [0.05, 0.1) is 0 Å². The minimum absolute atomic E-state index is 0.747. The topological polar surface area (TPSA) is 15.3 Å². The van der Waals surface area contributed by atoms with Crippen molar-refractivity contribution in [3.63, 3.8) is 0 Å². The molecule has 0 aromatic rings. The van der Waals surface area contributed by atoms with Crippen molar-refractivity contribution in [3.05, 3.63) is 0 Å². The van der Waals surface area contributed by atoms with Crippen LogP contribution in [0.5, 0.6) is 0 Å². The van der Waals surface area contributed by atoms with E-state index >= 15 is 0 Å². The van der Waals surface area contributed by atoms with E-state index in [0.717, 1.165) is 12.0 Å². The van der Waals surface area contributed by atoms with Gasteiger partial charge in [-0.2, -0.15) is 11.8 Å². The van der Waals surface area contributed by atoms with Crippen molar-refractivity contribution in [2.45, 2.75) is 32.2 Å². The van der Waals surface area contributed by atoms with Crippen molar-refractivity contribution in [3.8, 4) is 0 Å². The summed E-state index contributed by atoms with van der Waals surface area (Å²) in [5.74, 6) is 3.56. The van der Waals surface area contributed by atoms with Gasteiger partial charge in [-0.15, -0.1) is 0 Å². The van der Waals surface area contributed by atoms with Gasteiger partial charge >= 0.3 is 0 Å². The van der Waals surface area contributed by atoms with Crippen LogP contribution in [-0.2, 0) is 0 Å². The van der Waals surface area contributed by atoms with Crippen LogP contribution in [0.15, 0.2) is 0 Å². The largest absolute Gasteiger partial charge is 0.311 e. The Morgan fingerprint density at radius 2 is 2.27 bits per heavy atom. The zero-order valence-corrected chi connectivity index (χ0v) is 10.7. The highest BCUT2D eigenvalue weighted by molar-refractivity contribution is 7.99. The number of likely N-dealkylation sites (tertiary alicyclic amines) is 1. The Morgan fingerprint density at radius 3 is 3.07 bits per heavy atom. The first-order valence-electron chi connectivity index (χ1n) is 6.38. The fourth-order valence-electron chi connectivity index (χ4n) is 2.55. The van der Waals surface area contributed by atoms with E-state index in [1.165, 1.54) is 56.9 Å². The molecule has 0 bridgehead atoms. The van der Waals surface area contributed by atoms with E-state index in [9.17, 15) is 0 Å². The molecule has 2 aliphatic rings. The van der Waals surface area contributed by atoms with Gasteiger partial charge in [0, 0.05) is 30.6 Å². The summed E-state index contributed by atoms with van der Waals surface area (Å²) in [6.45, 7) is 7.54. The molecule has 0 aromatic heterocycles. The monoisotopic (exact) mass is 228 g/mol. The van der Waals surface area contributed by atoms with Crippen molar-refractivity contribution in [1.82, 2.24) is 10.2 Å². The van der Waals surface area contributed by atoms with Gasteiger partial charge < -0.3 is 10.2 Å². The van der Waals surface area contributed by atoms with Crippen LogP contribution in [0.25, 0.3) is 0 Å². The molecule has 3 heteroatoms. The van der Waals surface area contributed by atoms with Crippen LogP contribution >= 0.6 is 11.8 Å². The molecule has 0 spiro atoms. The van der Waals surface area contributed by atoms with Crippen LogP contribution in [0, 0.1) is 5.92 Å². The molecule has 0 amide bonds. The Bertz CT molecular complexity index is 180. The molecule has 2 heterocycles. The summed E-state index contributed by atoms with van der Waals surface area (Å²) in [6.07, 6.45) is 4.24. The number of hydrogen-bond acceptors (Lipinski definition) is 3. The smallest absolute Gasteiger partial charge is 0.0285 e. The van der Waals surface area contributed by atoms with Crippen LogP contribution < -0.4 is 5.32 Å². The lowest BCUT2D eigenvalue weighted by Gasteiger charge is -2.29. The van der Waals surface area contributed by atoms with Crippen molar-refractivity contribution < 1.29 is 0 Å². The second kappa shape index (κ2) is 6.12. The summed E-state index contributed by atoms with van der Waals surface area (Å²) < 4.78 is 0. The molecule has 0 saturated carbocycles. The Kier molecular flexibility index (Phi) is 4.79. The molecule has 1 N–H and O–H groups in total.